The van der Waals surface area contributed by atoms with Crippen molar-refractivity contribution in [1.82, 2.24) is 0 Å². The summed E-state index contributed by atoms with van der Waals surface area (Å²) in [5, 5.41) is 3.57. The summed E-state index contributed by atoms with van der Waals surface area (Å²) in [4.78, 5) is 0. The number of fused-ring (bicyclic) bond motifs is 1. The van der Waals surface area contributed by atoms with Gasteiger partial charge in [-0.2, -0.15) is 0 Å². The highest BCUT2D eigenvalue weighted by Crippen LogP contribution is 2.28. The van der Waals surface area contributed by atoms with Gasteiger partial charge in [0, 0.05) is 18.8 Å². The largest absolute Gasteiger partial charge is 0.385 e. The van der Waals surface area contributed by atoms with Gasteiger partial charge in [-0.1, -0.05) is 18.2 Å². The predicted molar refractivity (Wildman–Crippen MR) is 70.5 cm³/mol. The predicted octanol–water partition coefficient (Wildman–Crippen LogP) is 3.16. The number of hydrogen-bond donors (Lipinski definition) is 1. The summed E-state index contributed by atoms with van der Waals surface area (Å²) in [5.74, 6) is 0. The van der Waals surface area contributed by atoms with Crippen LogP contribution < -0.4 is 5.32 Å². The van der Waals surface area contributed by atoms with Crippen LogP contribution in [0.5, 0.6) is 0 Å². The molecule has 2 nitrogen and oxygen atoms in total. The van der Waals surface area contributed by atoms with Gasteiger partial charge in [0.15, 0.2) is 0 Å². The second-order valence-corrected chi connectivity index (χ2v) is 5.16. The lowest BCUT2D eigenvalue weighted by Crippen LogP contribution is -2.14. The Labute approximate surface area is 103 Å². The lowest BCUT2D eigenvalue weighted by Gasteiger charge is -2.21. The molecule has 1 unspecified atom stereocenters. The molecule has 2 aliphatic rings. The van der Waals surface area contributed by atoms with Gasteiger partial charge in [0.1, 0.15) is 0 Å². The Bertz CT molecular complexity index is 383. The maximum Gasteiger partial charge on any atom is 0.0579 e. The Morgan fingerprint density at radius 1 is 1.29 bits per heavy atom. The Kier molecular flexibility index (Phi) is 3.32. The molecule has 1 saturated heterocycles. The van der Waals surface area contributed by atoms with Crippen molar-refractivity contribution < 1.29 is 4.74 Å². The van der Waals surface area contributed by atoms with Gasteiger partial charge in [0.25, 0.3) is 0 Å². The molecular formula is C15H21NO. The summed E-state index contributed by atoms with van der Waals surface area (Å²) < 4.78 is 5.70. The van der Waals surface area contributed by atoms with E-state index in [0.29, 0.717) is 6.10 Å². The van der Waals surface area contributed by atoms with E-state index in [0.717, 1.165) is 19.6 Å². The maximum atomic E-state index is 5.70. The van der Waals surface area contributed by atoms with Crippen LogP contribution in [0.15, 0.2) is 18.2 Å². The van der Waals surface area contributed by atoms with Crippen molar-refractivity contribution in [3.8, 4) is 0 Å². The fourth-order valence-corrected chi connectivity index (χ4v) is 2.98. The Morgan fingerprint density at radius 3 is 3.18 bits per heavy atom. The smallest absolute Gasteiger partial charge is 0.0579 e. The first kappa shape index (κ1) is 11.1. The number of anilines is 1. The van der Waals surface area contributed by atoms with Crippen LogP contribution in [0.25, 0.3) is 0 Å². The molecule has 2 heteroatoms. The fourth-order valence-electron chi connectivity index (χ4n) is 2.98. The number of benzene rings is 1. The van der Waals surface area contributed by atoms with E-state index in [-0.39, 0.29) is 0 Å². The molecule has 1 N–H and O–H groups in total. The van der Waals surface area contributed by atoms with Gasteiger partial charge in [0.05, 0.1) is 6.10 Å². The summed E-state index contributed by atoms with van der Waals surface area (Å²) in [6, 6.07) is 6.74. The molecule has 0 radical (unpaired) electrons. The number of aryl methyl sites for hydroxylation is 2. The Balaban J connectivity index is 1.69. The zero-order chi connectivity index (χ0) is 11.5. The summed E-state index contributed by atoms with van der Waals surface area (Å²) >= 11 is 0. The molecule has 3 rings (SSSR count). The number of ether oxygens (including phenoxy) is 1. The summed E-state index contributed by atoms with van der Waals surface area (Å²) in [6.07, 6.45) is 7.84. The van der Waals surface area contributed by atoms with Gasteiger partial charge in [-0.15, -0.1) is 0 Å². The molecule has 0 spiro atoms. The lowest BCUT2D eigenvalue weighted by molar-refractivity contribution is 0.104. The number of rotatable bonds is 3. The van der Waals surface area contributed by atoms with Gasteiger partial charge in [-0.25, -0.2) is 0 Å². The summed E-state index contributed by atoms with van der Waals surface area (Å²) in [5.41, 5.74) is 4.40. The standard InChI is InChI=1S/C15H21NO/c1-4-12-6-2-10-16-15(12)13(5-1)8-9-14-7-3-11-17-14/h1,4-5,14,16H,2-3,6-11H2. The molecule has 0 saturated carbocycles. The maximum absolute atomic E-state index is 5.70. The van der Waals surface area contributed by atoms with Crippen molar-refractivity contribution in [1.29, 1.82) is 0 Å². The lowest BCUT2D eigenvalue weighted by atomic mass is 9.96. The Morgan fingerprint density at radius 2 is 2.29 bits per heavy atom. The second kappa shape index (κ2) is 5.09. The van der Waals surface area contributed by atoms with Gasteiger partial charge in [0.2, 0.25) is 0 Å². The first-order valence-corrected chi connectivity index (χ1v) is 6.90. The third-order valence-electron chi connectivity index (χ3n) is 3.92. The molecule has 1 aromatic carbocycles. The van der Waals surface area contributed by atoms with Gasteiger partial charge in [-0.05, 0) is 49.7 Å². The molecule has 0 aliphatic carbocycles. The molecule has 0 bridgehead atoms. The van der Waals surface area contributed by atoms with Crippen LogP contribution in [0, 0.1) is 0 Å². The summed E-state index contributed by atoms with van der Waals surface area (Å²) in [7, 11) is 0. The van der Waals surface area contributed by atoms with E-state index in [9.17, 15) is 0 Å². The highest BCUT2D eigenvalue weighted by molar-refractivity contribution is 5.59. The van der Waals surface area contributed by atoms with E-state index in [2.05, 4.69) is 23.5 Å². The van der Waals surface area contributed by atoms with Crippen molar-refractivity contribution in [3.05, 3.63) is 29.3 Å². The molecule has 0 amide bonds. The highest BCUT2D eigenvalue weighted by atomic mass is 16.5. The topological polar surface area (TPSA) is 21.3 Å². The van der Waals surface area contributed by atoms with Crippen LogP contribution in [0.4, 0.5) is 5.69 Å². The van der Waals surface area contributed by atoms with Crippen LogP contribution in [0.2, 0.25) is 0 Å². The minimum Gasteiger partial charge on any atom is -0.385 e. The van der Waals surface area contributed by atoms with Crippen molar-refractivity contribution >= 4 is 5.69 Å². The zero-order valence-electron chi connectivity index (χ0n) is 10.4. The molecule has 1 aromatic rings. The second-order valence-electron chi connectivity index (χ2n) is 5.16. The van der Waals surface area contributed by atoms with E-state index in [4.69, 9.17) is 4.74 Å². The van der Waals surface area contributed by atoms with Crippen molar-refractivity contribution in [2.45, 2.75) is 44.6 Å². The number of hydrogen-bond acceptors (Lipinski definition) is 2. The quantitative estimate of drug-likeness (QED) is 0.862. The minimum atomic E-state index is 0.509. The molecule has 17 heavy (non-hydrogen) atoms. The SMILES string of the molecule is c1cc2c(c(CCC3CCCO3)c1)NCCC2. The van der Waals surface area contributed by atoms with E-state index >= 15 is 0 Å². The highest BCUT2D eigenvalue weighted by Gasteiger charge is 2.17. The fraction of sp³-hybridized carbons (Fsp3) is 0.600. The van der Waals surface area contributed by atoms with Crippen LogP contribution >= 0.6 is 0 Å². The van der Waals surface area contributed by atoms with Crippen molar-refractivity contribution in [2.24, 2.45) is 0 Å². The first-order chi connectivity index (χ1) is 8.43. The van der Waals surface area contributed by atoms with Crippen LogP contribution in [0.1, 0.15) is 36.8 Å². The normalized spacial score (nSPS) is 23.2. The van der Waals surface area contributed by atoms with E-state index in [1.165, 1.54) is 48.9 Å². The minimum absolute atomic E-state index is 0.509. The summed E-state index contributed by atoms with van der Waals surface area (Å²) in [6.45, 7) is 2.10. The molecule has 1 fully saturated rings. The molecule has 1 atom stereocenters. The van der Waals surface area contributed by atoms with Crippen LogP contribution in [-0.4, -0.2) is 19.3 Å². The van der Waals surface area contributed by atoms with Crippen molar-refractivity contribution in [2.75, 3.05) is 18.5 Å². The third kappa shape index (κ3) is 2.47. The first-order valence-electron chi connectivity index (χ1n) is 6.90. The van der Waals surface area contributed by atoms with E-state index in [1.54, 1.807) is 0 Å². The Hall–Kier alpha value is -1.02. The van der Waals surface area contributed by atoms with Gasteiger partial charge < -0.3 is 10.1 Å². The average molecular weight is 231 g/mol. The van der Waals surface area contributed by atoms with Crippen LogP contribution in [0.3, 0.4) is 0 Å². The molecule has 2 aliphatic heterocycles. The third-order valence-corrected chi connectivity index (χ3v) is 3.92. The molecule has 2 heterocycles. The van der Waals surface area contributed by atoms with Crippen molar-refractivity contribution in [3.63, 3.8) is 0 Å². The number of para-hydroxylation sites is 1. The molecular weight excluding hydrogens is 210 g/mol. The molecule has 92 valence electrons. The zero-order valence-corrected chi connectivity index (χ0v) is 10.4. The van der Waals surface area contributed by atoms with Gasteiger partial charge >= 0.3 is 0 Å². The number of nitrogens with one attached hydrogen (secondary N) is 1. The van der Waals surface area contributed by atoms with Crippen LogP contribution in [-0.2, 0) is 17.6 Å². The monoisotopic (exact) mass is 231 g/mol. The van der Waals surface area contributed by atoms with Gasteiger partial charge in [-0.3, -0.25) is 0 Å². The van der Waals surface area contributed by atoms with E-state index in [1.807, 2.05) is 0 Å². The average Bonchev–Trinajstić information content (AvgIpc) is 2.89. The van der Waals surface area contributed by atoms with E-state index < -0.39 is 0 Å². The molecule has 0 aromatic heterocycles.